The summed E-state index contributed by atoms with van der Waals surface area (Å²) >= 11 is 0. The van der Waals surface area contributed by atoms with E-state index in [1.807, 2.05) is 0 Å². The molecule has 0 aromatic carbocycles. The maximum absolute atomic E-state index is 0. The van der Waals surface area contributed by atoms with Crippen LogP contribution in [0.3, 0.4) is 0 Å². The van der Waals surface area contributed by atoms with Crippen molar-refractivity contribution >= 4 is 29.6 Å². The van der Waals surface area contributed by atoms with Gasteiger partial charge in [0, 0.05) is 52.1 Å². The number of hydrogen-bond acceptors (Lipinski definition) is 0. The molecule has 25 valence electrons. The van der Waals surface area contributed by atoms with Crippen molar-refractivity contribution < 1.29 is 52.1 Å². The average molecular weight is 189 g/mol. The zero-order valence-electron chi connectivity index (χ0n) is 1.12. The van der Waals surface area contributed by atoms with Gasteiger partial charge >= 0.3 is 29.6 Å². The molecule has 0 saturated heterocycles. The van der Waals surface area contributed by atoms with E-state index in [0.717, 1.165) is 0 Å². The van der Waals surface area contributed by atoms with E-state index in [1.165, 1.54) is 0 Å². The van der Waals surface area contributed by atoms with Crippen molar-refractivity contribution in [2.24, 2.45) is 0 Å². The van der Waals surface area contributed by atoms with Crippen LogP contribution in [0.25, 0.3) is 0 Å². The average Bonchev–Trinajstić information content (AvgIpc) is 0. The molecule has 0 fully saturated rings. The second kappa shape index (κ2) is 17.5. The molecule has 0 heterocycles. The van der Waals surface area contributed by atoms with E-state index in [1.54, 1.807) is 0 Å². The summed E-state index contributed by atoms with van der Waals surface area (Å²) in [5, 5.41) is 0. The van der Waals surface area contributed by atoms with Crippen LogP contribution >= 0.6 is 0 Å². The van der Waals surface area contributed by atoms with Gasteiger partial charge < -0.3 is 0 Å². The topological polar surface area (TPSA) is 0 Å². The molecule has 1 radical (unpaired) electrons. The van der Waals surface area contributed by atoms with Gasteiger partial charge in [-0.2, -0.15) is 0 Å². The molecule has 0 amide bonds. The zero-order chi connectivity index (χ0) is 0. The van der Waals surface area contributed by atoms with Crippen LogP contribution in [-0.2, 0) is 52.1 Å². The standard InChI is InChI=1S/Fe.Na.Ni.V.H. The molecule has 0 bridgehead atoms. The first kappa shape index (κ1) is 30.6. The summed E-state index contributed by atoms with van der Waals surface area (Å²) in [6.45, 7) is 0. The second-order valence-electron chi connectivity index (χ2n) is 0. The van der Waals surface area contributed by atoms with Crippen molar-refractivity contribution in [3.8, 4) is 0 Å². The van der Waals surface area contributed by atoms with Crippen LogP contribution in [-0.4, -0.2) is 29.6 Å². The Morgan fingerprint density at radius 2 is 1.00 bits per heavy atom. The fraction of sp³-hybridized carbons (Fsp3) is 0. The first-order valence-corrected chi connectivity index (χ1v) is 0. The van der Waals surface area contributed by atoms with Gasteiger partial charge in [-0.15, -0.1) is 0 Å². The van der Waals surface area contributed by atoms with Gasteiger partial charge in [-0.3, -0.25) is 0 Å². The van der Waals surface area contributed by atoms with Crippen molar-refractivity contribution in [1.82, 2.24) is 0 Å². The summed E-state index contributed by atoms with van der Waals surface area (Å²) in [6, 6.07) is 0. The summed E-state index contributed by atoms with van der Waals surface area (Å²) in [5.41, 5.74) is 0. The van der Waals surface area contributed by atoms with Gasteiger partial charge in [0.1, 0.15) is 0 Å². The summed E-state index contributed by atoms with van der Waals surface area (Å²) in [6.07, 6.45) is 0. The molecular formula is HFeNaNiV. The van der Waals surface area contributed by atoms with Gasteiger partial charge in [-0.05, 0) is 0 Å². The molecular weight excluding hydrogens is 188 g/mol. The molecule has 0 aromatic heterocycles. The molecule has 0 aliphatic carbocycles. The molecule has 0 spiro atoms. The van der Waals surface area contributed by atoms with Crippen LogP contribution < -0.4 is 0 Å². The Morgan fingerprint density at radius 3 is 1.00 bits per heavy atom. The van der Waals surface area contributed by atoms with Gasteiger partial charge in [0.2, 0.25) is 0 Å². The van der Waals surface area contributed by atoms with Gasteiger partial charge in [0.15, 0.2) is 0 Å². The van der Waals surface area contributed by atoms with Crippen LogP contribution in [0.4, 0.5) is 0 Å². The maximum atomic E-state index is 0. The largest absolute Gasteiger partial charge is 0 e. The quantitative estimate of drug-likeness (QED) is 0.444. The molecule has 0 aliphatic rings. The van der Waals surface area contributed by atoms with Gasteiger partial charge in [-0.25, -0.2) is 0 Å². The first-order valence-electron chi connectivity index (χ1n) is 0. The van der Waals surface area contributed by atoms with Crippen LogP contribution in [0.1, 0.15) is 0 Å². The minimum absolute atomic E-state index is 0. The molecule has 0 unspecified atom stereocenters. The van der Waals surface area contributed by atoms with E-state index < -0.39 is 0 Å². The van der Waals surface area contributed by atoms with E-state index in [0.29, 0.717) is 0 Å². The monoisotopic (exact) mass is 189 g/mol. The predicted octanol–water partition coefficient (Wildman–Crippen LogP) is -0.656. The summed E-state index contributed by atoms with van der Waals surface area (Å²) in [4.78, 5) is 0. The number of hydrogen-bond donors (Lipinski definition) is 0. The minimum Gasteiger partial charge on any atom is 0 e. The Balaban J connectivity index is 0. The molecule has 0 atom stereocenters. The fourth-order valence-electron chi connectivity index (χ4n) is 0. The van der Waals surface area contributed by atoms with Crippen LogP contribution in [0.5, 0.6) is 0 Å². The molecule has 0 saturated carbocycles. The van der Waals surface area contributed by atoms with Gasteiger partial charge in [0.05, 0.1) is 0 Å². The maximum Gasteiger partial charge on any atom is 0 e. The van der Waals surface area contributed by atoms with Crippen molar-refractivity contribution in [2.45, 2.75) is 0 Å². The smallest absolute Gasteiger partial charge is 0 e. The Morgan fingerprint density at radius 1 is 1.00 bits per heavy atom. The summed E-state index contributed by atoms with van der Waals surface area (Å²) in [7, 11) is 0. The Labute approximate surface area is 80.4 Å². The Hall–Kier alpha value is 2.60. The normalized spacial score (nSPS) is 0. The first-order chi connectivity index (χ1) is 0. The Bertz CT molecular complexity index is 8.00. The SMILES string of the molecule is [Fe].[NaH].[Ni].[V]. The summed E-state index contributed by atoms with van der Waals surface area (Å²) in [5.74, 6) is 0. The van der Waals surface area contributed by atoms with E-state index >= 15 is 0 Å². The second-order valence-corrected chi connectivity index (χ2v) is 0. The predicted molar refractivity (Wildman–Crippen MR) is 7.15 cm³/mol. The fourth-order valence-corrected chi connectivity index (χ4v) is 0. The van der Waals surface area contributed by atoms with Crippen LogP contribution in [0.2, 0.25) is 0 Å². The van der Waals surface area contributed by atoms with E-state index in [9.17, 15) is 0 Å². The Kier molecular flexibility index (Phi) is 134. The van der Waals surface area contributed by atoms with Crippen molar-refractivity contribution in [2.75, 3.05) is 0 Å². The molecule has 4 heavy (non-hydrogen) atoms. The molecule has 0 aliphatic heterocycles. The van der Waals surface area contributed by atoms with E-state index in [4.69, 9.17) is 0 Å². The van der Waals surface area contributed by atoms with Crippen molar-refractivity contribution in [1.29, 1.82) is 0 Å². The van der Waals surface area contributed by atoms with Crippen molar-refractivity contribution in [3.05, 3.63) is 0 Å². The van der Waals surface area contributed by atoms with Crippen molar-refractivity contribution in [3.63, 3.8) is 0 Å². The third-order valence-electron chi connectivity index (χ3n) is 0. The zero-order valence-corrected chi connectivity index (χ0v) is 4.61. The van der Waals surface area contributed by atoms with E-state index in [2.05, 4.69) is 0 Å². The molecule has 4 heteroatoms. The molecule has 0 nitrogen and oxygen atoms in total. The number of rotatable bonds is 0. The molecule has 0 aromatic rings. The van der Waals surface area contributed by atoms with Gasteiger partial charge in [-0.1, -0.05) is 0 Å². The van der Waals surface area contributed by atoms with E-state index in [-0.39, 0.29) is 81.7 Å². The molecule has 0 N–H and O–H groups in total. The minimum atomic E-state index is 0. The third kappa shape index (κ3) is 8.82. The molecule has 0 rings (SSSR count). The van der Waals surface area contributed by atoms with Crippen LogP contribution in [0, 0.1) is 0 Å². The summed E-state index contributed by atoms with van der Waals surface area (Å²) < 4.78 is 0. The van der Waals surface area contributed by atoms with Crippen LogP contribution in [0.15, 0.2) is 0 Å². The third-order valence-corrected chi connectivity index (χ3v) is 0. The van der Waals surface area contributed by atoms with Gasteiger partial charge in [0.25, 0.3) is 0 Å².